The fourth-order valence-electron chi connectivity index (χ4n) is 5.12. The molecule has 3 heteroatoms. The molecule has 3 aliphatic rings. The van der Waals surface area contributed by atoms with E-state index in [-0.39, 0.29) is 0 Å². The van der Waals surface area contributed by atoms with Crippen molar-refractivity contribution in [3.8, 4) is 11.1 Å². The van der Waals surface area contributed by atoms with Crippen LogP contribution in [0.5, 0.6) is 0 Å². The molecule has 5 rings (SSSR count). The van der Waals surface area contributed by atoms with E-state index in [9.17, 15) is 0 Å². The number of benzene rings is 2. The maximum Gasteiger partial charge on any atom is 0.0469 e. The predicted molar refractivity (Wildman–Crippen MR) is 105 cm³/mol. The van der Waals surface area contributed by atoms with Gasteiger partial charge in [-0.25, -0.2) is 0 Å². The molecule has 2 aromatic rings. The van der Waals surface area contributed by atoms with E-state index in [0.717, 1.165) is 45.8 Å². The van der Waals surface area contributed by atoms with Crippen molar-refractivity contribution in [2.75, 3.05) is 39.4 Å². The van der Waals surface area contributed by atoms with Crippen LogP contribution in [0.3, 0.4) is 0 Å². The lowest BCUT2D eigenvalue weighted by molar-refractivity contribution is 0.0213. The molecule has 2 aliphatic heterocycles. The topological polar surface area (TPSA) is 24.5 Å². The maximum absolute atomic E-state index is 5.66. The average Bonchev–Trinajstić information content (AvgIpc) is 3.08. The summed E-state index contributed by atoms with van der Waals surface area (Å²) in [5.41, 5.74) is 7.37. The van der Waals surface area contributed by atoms with Crippen LogP contribution in [-0.4, -0.2) is 44.3 Å². The Morgan fingerprint density at radius 2 is 1.69 bits per heavy atom. The molecule has 1 atom stereocenters. The SMILES string of the molecule is c1ccc2c(c1)Cc1cc([C@@H](C3CCOCC3)N3CCNCC3)ccc1-2. The molecule has 0 aromatic heterocycles. The third-order valence-electron chi connectivity index (χ3n) is 6.42. The monoisotopic (exact) mass is 348 g/mol. The predicted octanol–water partition coefficient (Wildman–Crippen LogP) is 3.63. The Bertz CT molecular complexity index is 758. The third kappa shape index (κ3) is 2.98. The number of nitrogens with one attached hydrogen (secondary N) is 1. The van der Waals surface area contributed by atoms with Crippen LogP contribution in [0, 0.1) is 5.92 Å². The Morgan fingerprint density at radius 3 is 2.54 bits per heavy atom. The number of piperazine rings is 1. The van der Waals surface area contributed by atoms with Crippen LogP contribution in [0.4, 0.5) is 0 Å². The molecule has 1 aliphatic carbocycles. The van der Waals surface area contributed by atoms with Crippen molar-refractivity contribution in [2.45, 2.75) is 25.3 Å². The number of fused-ring (bicyclic) bond motifs is 3. The van der Waals surface area contributed by atoms with Gasteiger partial charge in [-0.2, -0.15) is 0 Å². The summed E-state index contributed by atoms with van der Waals surface area (Å²) in [7, 11) is 0. The van der Waals surface area contributed by atoms with Crippen LogP contribution in [0.15, 0.2) is 42.5 Å². The average molecular weight is 348 g/mol. The van der Waals surface area contributed by atoms with Gasteiger partial charge >= 0.3 is 0 Å². The van der Waals surface area contributed by atoms with Crippen molar-refractivity contribution < 1.29 is 4.74 Å². The van der Waals surface area contributed by atoms with Gasteiger partial charge < -0.3 is 10.1 Å². The standard InChI is InChI=1S/C23H28N2O/c1-2-4-21-18(3-1)15-20-16-19(5-6-22(20)21)23(17-7-13-26-14-8-17)25-11-9-24-10-12-25/h1-6,16-17,23-24H,7-15H2/t23-/m1/s1. The van der Waals surface area contributed by atoms with Gasteiger partial charge in [-0.1, -0.05) is 42.5 Å². The molecule has 0 spiro atoms. The summed E-state index contributed by atoms with van der Waals surface area (Å²) in [6.45, 7) is 6.36. The Morgan fingerprint density at radius 1 is 0.923 bits per heavy atom. The minimum atomic E-state index is 0.537. The van der Waals surface area contributed by atoms with E-state index in [2.05, 4.69) is 52.7 Å². The van der Waals surface area contributed by atoms with Gasteiger partial charge in [0.25, 0.3) is 0 Å². The van der Waals surface area contributed by atoms with Crippen LogP contribution in [0.2, 0.25) is 0 Å². The zero-order chi connectivity index (χ0) is 17.3. The number of ether oxygens (including phenoxy) is 1. The van der Waals surface area contributed by atoms with Crippen molar-refractivity contribution in [1.82, 2.24) is 10.2 Å². The van der Waals surface area contributed by atoms with Gasteiger partial charge in [-0.05, 0) is 53.0 Å². The first kappa shape index (κ1) is 16.5. The van der Waals surface area contributed by atoms with Crippen LogP contribution < -0.4 is 5.32 Å². The highest BCUT2D eigenvalue weighted by Crippen LogP contribution is 2.41. The highest BCUT2D eigenvalue weighted by atomic mass is 16.5. The Hall–Kier alpha value is -1.68. The molecule has 0 bridgehead atoms. The molecule has 3 nitrogen and oxygen atoms in total. The van der Waals surface area contributed by atoms with E-state index in [4.69, 9.17) is 4.74 Å². The molecule has 2 heterocycles. The van der Waals surface area contributed by atoms with Gasteiger partial charge in [0.05, 0.1) is 0 Å². The van der Waals surface area contributed by atoms with Crippen molar-refractivity contribution in [3.05, 3.63) is 59.2 Å². The van der Waals surface area contributed by atoms with Gasteiger partial charge in [0.1, 0.15) is 0 Å². The highest BCUT2D eigenvalue weighted by molar-refractivity contribution is 5.77. The summed E-state index contributed by atoms with van der Waals surface area (Å²) >= 11 is 0. The van der Waals surface area contributed by atoms with Crippen molar-refractivity contribution >= 4 is 0 Å². The second-order valence-electron chi connectivity index (χ2n) is 7.93. The van der Waals surface area contributed by atoms with Gasteiger partial charge in [-0.3, -0.25) is 4.90 Å². The van der Waals surface area contributed by atoms with Crippen LogP contribution in [0.1, 0.15) is 35.6 Å². The van der Waals surface area contributed by atoms with Gasteiger partial charge in [0, 0.05) is 45.4 Å². The first-order chi connectivity index (χ1) is 12.9. The summed E-state index contributed by atoms with van der Waals surface area (Å²) in [5, 5.41) is 3.51. The zero-order valence-electron chi connectivity index (χ0n) is 15.4. The van der Waals surface area contributed by atoms with E-state index < -0.39 is 0 Å². The molecule has 2 fully saturated rings. The normalized spacial score (nSPS) is 22.0. The number of hydrogen-bond acceptors (Lipinski definition) is 3. The number of hydrogen-bond donors (Lipinski definition) is 1. The fraction of sp³-hybridized carbons (Fsp3) is 0.478. The molecular weight excluding hydrogens is 320 g/mol. The summed E-state index contributed by atoms with van der Waals surface area (Å²) in [5.74, 6) is 0.712. The molecular formula is C23H28N2O. The van der Waals surface area contributed by atoms with Crippen molar-refractivity contribution in [2.24, 2.45) is 5.92 Å². The lowest BCUT2D eigenvalue weighted by Crippen LogP contribution is -2.47. The van der Waals surface area contributed by atoms with Gasteiger partial charge in [0.2, 0.25) is 0 Å². The van der Waals surface area contributed by atoms with Gasteiger partial charge in [-0.15, -0.1) is 0 Å². The smallest absolute Gasteiger partial charge is 0.0469 e. The Balaban J connectivity index is 1.49. The number of nitrogens with zero attached hydrogens (tertiary/aromatic N) is 1. The molecule has 2 aromatic carbocycles. The number of rotatable bonds is 3. The molecule has 0 amide bonds. The van der Waals surface area contributed by atoms with E-state index in [1.165, 1.54) is 40.7 Å². The quantitative estimate of drug-likeness (QED) is 0.782. The fourth-order valence-corrected chi connectivity index (χ4v) is 5.12. The first-order valence-electron chi connectivity index (χ1n) is 10.1. The molecule has 2 saturated heterocycles. The molecule has 0 saturated carbocycles. The van der Waals surface area contributed by atoms with E-state index in [1.807, 2.05) is 0 Å². The largest absolute Gasteiger partial charge is 0.381 e. The molecule has 1 N–H and O–H groups in total. The minimum Gasteiger partial charge on any atom is -0.381 e. The molecule has 26 heavy (non-hydrogen) atoms. The molecule has 0 unspecified atom stereocenters. The highest BCUT2D eigenvalue weighted by Gasteiger charge is 2.32. The third-order valence-corrected chi connectivity index (χ3v) is 6.42. The van der Waals surface area contributed by atoms with Crippen LogP contribution >= 0.6 is 0 Å². The Labute approximate surface area is 156 Å². The summed E-state index contributed by atoms with van der Waals surface area (Å²) in [6, 6.07) is 16.7. The molecule has 136 valence electrons. The second-order valence-corrected chi connectivity index (χ2v) is 7.93. The zero-order valence-corrected chi connectivity index (χ0v) is 15.4. The van der Waals surface area contributed by atoms with E-state index >= 15 is 0 Å². The van der Waals surface area contributed by atoms with Gasteiger partial charge in [0.15, 0.2) is 0 Å². The Kier molecular flexibility index (Phi) is 4.53. The van der Waals surface area contributed by atoms with Crippen molar-refractivity contribution in [3.63, 3.8) is 0 Å². The summed E-state index contributed by atoms with van der Waals surface area (Å²) in [6.07, 6.45) is 3.46. The lowest BCUT2D eigenvalue weighted by Gasteiger charge is -2.41. The minimum absolute atomic E-state index is 0.537. The lowest BCUT2D eigenvalue weighted by atomic mass is 9.84. The van der Waals surface area contributed by atoms with E-state index in [0.29, 0.717) is 12.0 Å². The first-order valence-corrected chi connectivity index (χ1v) is 10.1. The van der Waals surface area contributed by atoms with E-state index in [1.54, 1.807) is 0 Å². The second kappa shape index (κ2) is 7.15. The maximum atomic E-state index is 5.66. The van der Waals surface area contributed by atoms with Crippen LogP contribution in [0.25, 0.3) is 11.1 Å². The summed E-state index contributed by atoms with van der Waals surface area (Å²) < 4.78 is 5.66. The summed E-state index contributed by atoms with van der Waals surface area (Å²) in [4.78, 5) is 2.72. The van der Waals surface area contributed by atoms with Crippen molar-refractivity contribution in [1.29, 1.82) is 0 Å². The van der Waals surface area contributed by atoms with Crippen LogP contribution in [-0.2, 0) is 11.2 Å². The molecule has 0 radical (unpaired) electrons.